The highest BCUT2D eigenvalue weighted by molar-refractivity contribution is 5.75. The first-order valence-electron chi connectivity index (χ1n) is 6.81. The maximum Gasteiger partial charge on any atom is 0.219 e. The van der Waals surface area contributed by atoms with E-state index in [0.29, 0.717) is 13.0 Å². The Morgan fingerprint density at radius 1 is 0.882 bits per heavy atom. The third kappa shape index (κ3) is 13.0. The van der Waals surface area contributed by atoms with Gasteiger partial charge in [0.15, 0.2) is 0 Å². The number of nitrogens with one attached hydrogen (secondary N) is 1. The van der Waals surface area contributed by atoms with Gasteiger partial charge in [-0.15, -0.1) is 0 Å². The first-order chi connectivity index (χ1) is 8.31. The van der Waals surface area contributed by atoms with Crippen molar-refractivity contribution in [3.63, 3.8) is 0 Å². The monoisotopic (exact) mass is 242 g/mol. The van der Waals surface area contributed by atoms with Gasteiger partial charge in [0.05, 0.1) is 6.54 Å². The molecule has 0 saturated carbocycles. The molecule has 0 rings (SSSR count). The van der Waals surface area contributed by atoms with Crippen LogP contribution in [0, 0.1) is 4.91 Å². The van der Waals surface area contributed by atoms with E-state index in [0.717, 1.165) is 25.7 Å². The molecular formula is C13H26N2O2. The minimum Gasteiger partial charge on any atom is -0.359 e. The van der Waals surface area contributed by atoms with Gasteiger partial charge in [0.1, 0.15) is 0 Å². The van der Waals surface area contributed by atoms with E-state index < -0.39 is 0 Å². The second-order valence-corrected chi connectivity index (χ2v) is 4.46. The van der Waals surface area contributed by atoms with E-state index in [1.807, 2.05) is 0 Å². The van der Waals surface area contributed by atoms with Gasteiger partial charge in [0.25, 0.3) is 0 Å². The summed E-state index contributed by atoms with van der Waals surface area (Å²) in [6.45, 7) is 0.472. The van der Waals surface area contributed by atoms with Crippen molar-refractivity contribution in [3.8, 4) is 0 Å². The predicted molar refractivity (Wildman–Crippen MR) is 70.9 cm³/mol. The third-order valence-corrected chi connectivity index (χ3v) is 2.93. The van der Waals surface area contributed by atoms with Crippen LogP contribution in [0.2, 0.25) is 0 Å². The molecule has 0 bridgehead atoms. The largest absolute Gasteiger partial charge is 0.359 e. The maximum atomic E-state index is 10.9. The van der Waals surface area contributed by atoms with E-state index in [1.54, 1.807) is 7.05 Å². The molecule has 1 N–H and O–H groups in total. The van der Waals surface area contributed by atoms with Crippen LogP contribution in [0.3, 0.4) is 0 Å². The molecule has 0 aliphatic heterocycles. The van der Waals surface area contributed by atoms with Gasteiger partial charge in [-0.05, 0) is 12.8 Å². The Morgan fingerprint density at radius 3 is 1.82 bits per heavy atom. The summed E-state index contributed by atoms with van der Waals surface area (Å²) < 4.78 is 0. The van der Waals surface area contributed by atoms with Crippen LogP contribution in [-0.2, 0) is 4.79 Å². The van der Waals surface area contributed by atoms with Crippen LogP contribution in [0.25, 0.3) is 0 Å². The molecule has 0 aromatic heterocycles. The van der Waals surface area contributed by atoms with Gasteiger partial charge in [0, 0.05) is 13.5 Å². The molecule has 0 heterocycles. The van der Waals surface area contributed by atoms with Gasteiger partial charge in [0.2, 0.25) is 5.91 Å². The molecule has 17 heavy (non-hydrogen) atoms. The van der Waals surface area contributed by atoms with Crippen molar-refractivity contribution in [2.75, 3.05) is 13.6 Å². The van der Waals surface area contributed by atoms with Crippen molar-refractivity contribution < 1.29 is 4.79 Å². The maximum absolute atomic E-state index is 10.9. The van der Waals surface area contributed by atoms with Gasteiger partial charge in [-0.3, -0.25) is 4.79 Å². The topological polar surface area (TPSA) is 58.5 Å². The molecular weight excluding hydrogens is 216 g/mol. The van der Waals surface area contributed by atoms with Crippen LogP contribution in [-0.4, -0.2) is 19.5 Å². The highest BCUT2D eigenvalue weighted by Crippen LogP contribution is 2.10. The number of hydrogen-bond acceptors (Lipinski definition) is 3. The molecule has 0 spiro atoms. The minimum absolute atomic E-state index is 0.147. The molecule has 0 unspecified atom stereocenters. The van der Waals surface area contributed by atoms with E-state index in [9.17, 15) is 9.70 Å². The summed E-state index contributed by atoms with van der Waals surface area (Å²) >= 11 is 0. The normalized spacial score (nSPS) is 10.2. The van der Waals surface area contributed by atoms with E-state index in [-0.39, 0.29) is 5.91 Å². The Morgan fingerprint density at radius 2 is 1.35 bits per heavy atom. The zero-order chi connectivity index (χ0) is 12.8. The van der Waals surface area contributed by atoms with Crippen LogP contribution in [0.1, 0.15) is 64.2 Å². The summed E-state index contributed by atoms with van der Waals surface area (Å²) in [5.41, 5.74) is 0. The van der Waals surface area contributed by atoms with Crippen LogP contribution in [0.15, 0.2) is 5.18 Å². The number of hydrogen-bond donors (Lipinski definition) is 1. The summed E-state index contributed by atoms with van der Waals surface area (Å²) in [6.07, 6.45) is 11.1. The van der Waals surface area contributed by atoms with Crippen molar-refractivity contribution in [2.45, 2.75) is 64.2 Å². The number of carbonyl (C=O) groups excluding carboxylic acids is 1. The summed E-state index contributed by atoms with van der Waals surface area (Å²) in [5, 5.41) is 5.47. The molecule has 0 aromatic carbocycles. The van der Waals surface area contributed by atoms with Crippen molar-refractivity contribution >= 4 is 5.91 Å². The summed E-state index contributed by atoms with van der Waals surface area (Å²) in [4.78, 5) is 20.8. The van der Waals surface area contributed by atoms with E-state index in [2.05, 4.69) is 10.5 Å². The fourth-order valence-electron chi connectivity index (χ4n) is 1.82. The Hall–Kier alpha value is -0.930. The first kappa shape index (κ1) is 16.1. The second-order valence-electron chi connectivity index (χ2n) is 4.46. The summed E-state index contributed by atoms with van der Waals surface area (Å²) in [5.74, 6) is 0.147. The Bertz CT molecular complexity index is 196. The summed E-state index contributed by atoms with van der Waals surface area (Å²) in [6, 6.07) is 0. The van der Waals surface area contributed by atoms with Crippen LogP contribution >= 0.6 is 0 Å². The Balaban J connectivity index is 2.98. The predicted octanol–water partition coefficient (Wildman–Crippen LogP) is 3.40. The first-order valence-corrected chi connectivity index (χ1v) is 6.81. The van der Waals surface area contributed by atoms with Crippen molar-refractivity contribution in [1.82, 2.24) is 5.32 Å². The highest BCUT2D eigenvalue weighted by atomic mass is 16.3. The van der Waals surface area contributed by atoms with Crippen molar-refractivity contribution in [3.05, 3.63) is 4.91 Å². The SMILES string of the molecule is CNC(=O)CCCCCCCCCCCN=O. The zero-order valence-electron chi connectivity index (χ0n) is 11.0. The number of amides is 1. The Kier molecular flexibility index (Phi) is 12.4. The molecule has 0 aromatic rings. The molecule has 4 heteroatoms. The number of nitrogens with zero attached hydrogens (tertiary/aromatic N) is 1. The fraction of sp³-hybridized carbons (Fsp3) is 0.923. The lowest BCUT2D eigenvalue weighted by molar-refractivity contribution is -0.120. The molecule has 0 fully saturated rings. The average Bonchev–Trinajstić information content (AvgIpc) is 2.35. The molecule has 0 atom stereocenters. The molecule has 100 valence electrons. The highest BCUT2D eigenvalue weighted by Gasteiger charge is 1.97. The minimum atomic E-state index is 0.147. The van der Waals surface area contributed by atoms with E-state index in [4.69, 9.17) is 0 Å². The molecule has 0 aliphatic carbocycles. The lowest BCUT2D eigenvalue weighted by atomic mass is 10.1. The van der Waals surface area contributed by atoms with Crippen LogP contribution in [0.5, 0.6) is 0 Å². The molecule has 0 saturated heterocycles. The van der Waals surface area contributed by atoms with E-state index >= 15 is 0 Å². The van der Waals surface area contributed by atoms with Crippen LogP contribution < -0.4 is 5.32 Å². The molecule has 4 nitrogen and oxygen atoms in total. The number of rotatable bonds is 12. The van der Waals surface area contributed by atoms with Crippen LogP contribution in [0.4, 0.5) is 0 Å². The fourth-order valence-corrected chi connectivity index (χ4v) is 1.82. The average molecular weight is 242 g/mol. The lowest BCUT2D eigenvalue weighted by Gasteiger charge is -2.02. The molecule has 0 aliphatic rings. The summed E-state index contributed by atoms with van der Waals surface area (Å²) in [7, 11) is 1.68. The quantitative estimate of drug-likeness (QED) is 0.421. The third-order valence-electron chi connectivity index (χ3n) is 2.93. The van der Waals surface area contributed by atoms with Gasteiger partial charge in [-0.2, -0.15) is 4.91 Å². The second kappa shape index (κ2) is 13.1. The number of nitroso groups, excluding NO2 is 1. The zero-order valence-corrected chi connectivity index (χ0v) is 11.0. The lowest BCUT2D eigenvalue weighted by Crippen LogP contribution is -2.16. The molecule has 1 amide bonds. The van der Waals surface area contributed by atoms with Crippen molar-refractivity contribution in [1.29, 1.82) is 0 Å². The van der Waals surface area contributed by atoms with Gasteiger partial charge in [-0.25, -0.2) is 0 Å². The van der Waals surface area contributed by atoms with Gasteiger partial charge < -0.3 is 5.32 Å². The standard InChI is InChI=1S/C13H26N2O2/c1-14-13(16)11-9-7-5-3-2-4-6-8-10-12-15-17/h2-12H2,1H3,(H,14,16). The number of carbonyl (C=O) groups is 1. The van der Waals surface area contributed by atoms with Gasteiger partial charge in [-0.1, -0.05) is 50.1 Å². The molecule has 0 radical (unpaired) electrons. The van der Waals surface area contributed by atoms with E-state index in [1.165, 1.54) is 32.1 Å². The van der Waals surface area contributed by atoms with Crippen molar-refractivity contribution in [2.24, 2.45) is 5.18 Å². The van der Waals surface area contributed by atoms with Gasteiger partial charge >= 0.3 is 0 Å². The Labute approximate surface area is 105 Å². The number of unbranched alkanes of at least 4 members (excludes halogenated alkanes) is 8. The smallest absolute Gasteiger partial charge is 0.219 e.